The molecule has 2 N–H and O–H groups in total. The summed E-state index contributed by atoms with van der Waals surface area (Å²) in [5.74, 6) is 0.496. The maximum Gasteiger partial charge on any atom is 0.416 e. The van der Waals surface area contributed by atoms with Crippen LogP contribution in [-0.2, 0) is 6.18 Å². The summed E-state index contributed by atoms with van der Waals surface area (Å²) in [7, 11) is 1.48. The second-order valence-corrected chi connectivity index (χ2v) is 4.04. The quantitative estimate of drug-likeness (QED) is 0.836. The molecule has 0 aromatic heterocycles. The second kappa shape index (κ2) is 4.84. The number of hydrogen-bond donors (Lipinski definition) is 1. The van der Waals surface area contributed by atoms with E-state index in [1.54, 1.807) is 24.3 Å². The average molecular weight is 267 g/mol. The number of methoxy groups -OCH3 is 1. The van der Waals surface area contributed by atoms with E-state index in [1.807, 2.05) is 0 Å². The molecule has 0 aliphatic rings. The molecule has 0 saturated heterocycles. The molecule has 5 heteroatoms. The standard InChI is InChI=1S/C14H12F3NO/c1-19-13-6-5-10(8-12(13)18)9-3-2-4-11(7-9)14(15,16)17/h2-8H,18H2,1H3. The summed E-state index contributed by atoms with van der Waals surface area (Å²) in [4.78, 5) is 0. The summed E-state index contributed by atoms with van der Waals surface area (Å²) in [6.07, 6.45) is -4.35. The highest BCUT2D eigenvalue weighted by Crippen LogP contribution is 2.33. The van der Waals surface area contributed by atoms with Gasteiger partial charge in [0, 0.05) is 0 Å². The zero-order valence-electron chi connectivity index (χ0n) is 10.2. The molecule has 0 atom stereocenters. The fourth-order valence-corrected chi connectivity index (χ4v) is 1.79. The van der Waals surface area contributed by atoms with E-state index in [9.17, 15) is 13.2 Å². The predicted octanol–water partition coefficient (Wildman–Crippen LogP) is 3.96. The molecule has 0 fully saturated rings. The van der Waals surface area contributed by atoms with Crippen molar-refractivity contribution >= 4 is 5.69 Å². The number of rotatable bonds is 2. The smallest absolute Gasteiger partial charge is 0.416 e. The van der Waals surface area contributed by atoms with Crippen molar-refractivity contribution in [1.29, 1.82) is 0 Å². The highest BCUT2D eigenvalue weighted by molar-refractivity contribution is 5.71. The first-order valence-electron chi connectivity index (χ1n) is 5.53. The maximum absolute atomic E-state index is 12.6. The minimum absolute atomic E-state index is 0.386. The SMILES string of the molecule is COc1ccc(-c2cccc(C(F)(F)F)c2)cc1N. The van der Waals surface area contributed by atoms with Crippen LogP contribution in [0.3, 0.4) is 0 Å². The molecule has 0 aliphatic heterocycles. The van der Waals surface area contributed by atoms with Crippen molar-refractivity contribution in [2.45, 2.75) is 6.18 Å². The summed E-state index contributed by atoms with van der Waals surface area (Å²) in [6, 6.07) is 10.0. The largest absolute Gasteiger partial charge is 0.495 e. The number of nitrogen functional groups attached to an aromatic ring is 1. The lowest BCUT2D eigenvalue weighted by atomic mass is 10.0. The van der Waals surface area contributed by atoms with Gasteiger partial charge in [-0.3, -0.25) is 0 Å². The number of anilines is 1. The maximum atomic E-state index is 12.6. The fraction of sp³-hybridized carbons (Fsp3) is 0.143. The van der Waals surface area contributed by atoms with Crippen LogP contribution >= 0.6 is 0 Å². The van der Waals surface area contributed by atoms with E-state index in [2.05, 4.69) is 0 Å². The summed E-state index contributed by atoms with van der Waals surface area (Å²) < 4.78 is 42.9. The van der Waals surface area contributed by atoms with E-state index in [0.717, 1.165) is 12.1 Å². The highest BCUT2D eigenvalue weighted by Gasteiger charge is 2.30. The number of nitrogens with two attached hydrogens (primary N) is 1. The van der Waals surface area contributed by atoms with Gasteiger partial charge in [-0.05, 0) is 35.4 Å². The van der Waals surface area contributed by atoms with Gasteiger partial charge in [-0.15, -0.1) is 0 Å². The van der Waals surface area contributed by atoms with E-state index in [0.29, 0.717) is 22.6 Å². The van der Waals surface area contributed by atoms with Crippen LogP contribution in [0.1, 0.15) is 5.56 Å². The van der Waals surface area contributed by atoms with Crippen molar-refractivity contribution in [2.24, 2.45) is 0 Å². The minimum atomic E-state index is -4.35. The van der Waals surface area contributed by atoms with Gasteiger partial charge in [-0.2, -0.15) is 13.2 Å². The van der Waals surface area contributed by atoms with Crippen LogP contribution in [0.4, 0.5) is 18.9 Å². The van der Waals surface area contributed by atoms with Crippen LogP contribution in [0.5, 0.6) is 5.75 Å². The Labute approximate surface area is 108 Å². The molecule has 0 saturated carbocycles. The normalized spacial score (nSPS) is 11.4. The number of ether oxygens (including phenoxy) is 1. The monoisotopic (exact) mass is 267 g/mol. The van der Waals surface area contributed by atoms with Gasteiger partial charge < -0.3 is 10.5 Å². The Balaban J connectivity index is 2.45. The van der Waals surface area contributed by atoms with Crippen LogP contribution in [0.15, 0.2) is 42.5 Å². The molecule has 2 aromatic carbocycles. The summed E-state index contributed by atoms with van der Waals surface area (Å²) >= 11 is 0. The molecule has 0 radical (unpaired) electrons. The fourth-order valence-electron chi connectivity index (χ4n) is 1.79. The molecule has 19 heavy (non-hydrogen) atoms. The van der Waals surface area contributed by atoms with E-state index in [1.165, 1.54) is 13.2 Å². The third-order valence-electron chi connectivity index (χ3n) is 2.75. The first kappa shape index (κ1) is 13.3. The molecule has 100 valence electrons. The van der Waals surface area contributed by atoms with Crippen molar-refractivity contribution < 1.29 is 17.9 Å². The summed E-state index contributed by atoms with van der Waals surface area (Å²) in [5, 5.41) is 0. The first-order chi connectivity index (χ1) is 8.91. The van der Waals surface area contributed by atoms with Gasteiger partial charge >= 0.3 is 6.18 Å². The molecule has 0 spiro atoms. The lowest BCUT2D eigenvalue weighted by Crippen LogP contribution is -2.04. The zero-order valence-corrected chi connectivity index (χ0v) is 10.2. The van der Waals surface area contributed by atoms with E-state index in [-0.39, 0.29) is 0 Å². The summed E-state index contributed by atoms with van der Waals surface area (Å²) in [5.41, 5.74) is 6.53. The van der Waals surface area contributed by atoms with Crippen LogP contribution in [-0.4, -0.2) is 7.11 Å². The molecule has 2 nitrogen and oxygen atoms in total. The van der Waals surface area contributed by atoms with Crippen molar-refractivity contribution in [3.05, 3.63) is 48.0 Å². The van der Waals surface area contributed by atoms with Crippen molar-refractivity contribution in [3.63, 3.8) is 0 Å². The molecule has 2 aromatic rings. The Hall–Kier alpha value is -2.17. The number of alkyl halides is 3. The van der Waals surface area contributed by atoms with E-state index < -0.39 is 11.7 Å². The van der Waals surface area contributed by atoms with Crippen LogP contribution < -0.4 is 10.5 Å². The third kappa shape index (κ3) is 2.81. The van der Waals surface area contributed by atoms with Crippen LogP contribution in [0.25, 0.3) is 11.1 Å². The van der Waals surface area contributed by atoms with Crippen LogP contribution in [0.2, 0.25) is 0 Å². The zero-order chi connectivity index (χ0) is 14.0. The third-order valence-corrected chi connectivity index (χ3v) is 2.75. The van der Waals surface area contributed by atoms with Crippen molar-refractivity contribution in [1.82, 2.24) is 0 Å². The van der Waals surface area contributed by atoms with Gasteiger partial charge in [0.15, 0.2) is 0 Å². The predicted molar refractivity (Wildman–Crippen MR) is 67.8 cm³/mol. The molecule has 0 amide bonds. The molecular formula is C14H12F3NO. The molecule has 0 bridgehead atoms. The summed E-state index contributed by atoms with van der Waals surface area (Å²) in [6.45, 7) is 0. The molecule has 2 rings (SSSR count). The van der Waals surface area contributed by atoms with Gasteiger partial charge in [0.25, 0.3) is 0 Å². The van der Waals surface area contributed by atoms with Crippen molar-refractivity contribution in [2.75, 3.05) is 12.8 Å². The molecule has 0 unspecified atom stereocenters. The van der Waals surface area contributed by atoms with Gasteiger partial charge in [0.05, 0.1) is 18.4 Å². The van der Waals surface area contributed by atoms with Crippen molar-refractivity contribution in [3.8, 4) is 16.9 Å². The first-order valence-corrected chi connectivity index (χ1v) is 5.53. The number of hydrogen-bond acceptors (Lipinski definition) is 2. The van der Waals surface area contributed by atoms with Crippen LogP contribution in [0, 0.1) is 0 Å². The number of benzene rings is 2. The topological polar surface area (TPSA) is 35.2 Å². The van der Waals surface area contributed by atoms with Gasteiger partial charge in [0.2, 0.25) is 0 Å². The molecule has 0 aliphatic carbocycles. The highest BCUT2D eigenvalue weighted by atomic mass is 19.4. The van der Waals surface area contributed by atoms with E-state index >= 15 is 0 Å². The molecular weight excluding hydrogens is 255 g/mol. The van der Waals surface area contributed by atoms with E-state index in [4.69, 9.17) is 10.5 Å². The Kier molecular flexibility index (Phi) is 3.38. The number of halogens is 3. The van der Waals surface area contributed by atoms with Gasteiger partial charge in [-0.1, -0.05) is 18.2 Å². The molecule has 0 heterocycles. The second-order valence-electron chi connectivity index (χ2n) is 4.04. The Bertz CT molecular complexity index is 593. The Morgan fingerprint density at radius 1 is 1.00 bits per heavy atom. The lowest BCUT2D eigenvalue weighted by Gasteiger charge is -2.10. The average Bonchev–Trinajstić information content (AvgIpc) is 2.38. The van der Waals surface area contributed by atoms with Gasteiger partial charge in [-0.25, -0.2) is 0 Å². The Morgan fingerprint density at radius 3 is 2.26 bits per heavy atom. The minimum Gasteiger partial charge on any atom is -0.495 e. The van der Waals surface area contributed by atoms with Gasteiger partial charge in [0.1, 0.15) is 5.75 Å². The Morgan fingerprint density at radius 2 is 1.68 bits per heavy atom. The lowest BCUT2D eigenvalue weighted by molar-refractivity contribution is -0.137.